The fraction of sp³-hybridized carbons (Fsp3) is 0.455. The van der Waals surface area contributed by atoms with Crippen LogP contribution in [0, 0.1) is 0 Å². The van der Waals surface area contributed by atoms with Crippen molar-refractivity contribution in [1.29, 1.82) is 0 Å². The second-order valence-corrected chi connectivity index (χ2v) is 8.58. The van der Waals surface area contributed by atoms with E-state index < -0.39 is 0 Å². The van der Waals surface area contributed by atoms with Crippen molar-refractivity contribution >= 4 is 18.5 Å². The summed E-state index contributed by atoms with van der Waals surface area (Å²) in [7, 11) is -0.205. The van der Waals surface area contributed by atoms with Crippen molar-refractivity contribution in [2.75, 3.05) is 6.16 Å². The van der Waals surface area contributed by atoms with E-state index in [1.807, 2.05) is 0 Å². The maximum atomic E-state index is 2.39. The fourth-order valence-electron chi connectivity index (χ4n) is 3.05. The quantitative estimate of drug-likeness (QED) is 0.369. The Labute approximate surface area is 144 Å². The average Bonchev–Trinajstić information content (AvgIpc) is 2.61. The van der Waals surface area contributed by atoms with E-state index in [4.69, 9.17) is 0 Å². The topological polar surface area (TPSA) is 0 Å². The molecule has 0 saturated carbocycles. The van der Waals surface area contributed by atoms with Crippen molar-refractivity contribution in [3.05, 3.63) is 60.2 Å². The molecule has 0 spiro atoms. The van der Waals surface area contributed by atoms with E-state index >= 15 is 0 Å². The SMILES string of the molecule is CCCCCCP(c1ccccc1)c1ccccc1CCCC. The van der Waals surface area contributed by atoms with Crippen LogP contribution in [0.5, 0.6) is 0 Å². The fourth-order valence-corrected chi connectivity index (χ4v) is 5.69. The first-order valence-corrected chi connectivity index (χ1v) is 10.8. The van der Waals surface area contributed by atoms with E-state index in [1.165, 1.54) is 51.1 Å². The van der Waals surface area contributed by atoms with Crippen molar-refractivity contribution in [1.82, 2.24) is 0 Å². The third-order valence-electron chi connectivity index (χ3n) is 4.39. The summed E-state index contributed by atoms with van der Waals surface area (Å²) in [5, 5.41) is 3.17. The molecule has 0 radical (unpaired) electrons. The highest BCUT2D eigenvalue weighted by Crippen LogP contribution is 2.36. The number of hydrogen-bond donors (Lipinski definition) is 0. The highest BCUT2D eigenvalue weighted by atomic mass is 31.1. The molecule has 0 nitrogen and oxygen atoms in total. The second-order valence-electron chi connectivity index (χ2n) is 6.28. The Morgan fingerprint density at radius 3 is 2.13 bits per heavy atom. The molecule has 0 aliphatic heterocycles. The largest absolute Gasteiger partial charge is 0.0654 e. The molecule has 0 bridgehead atoms. The third-order valence-corrected chi connectivity index (χ3v) is 7.09. The molecule has 124 valence electrons. The summed E-state index contributed by atoms with van der Waals surface area (Å²) < 4.78 is 0. The maximum absolute atomic E-state index is 2.39. The highest BCUT2D eigenvalue weighted by Gasteiger charge is 2.16. The zero-order chi connectivity index (χ0) is 16.3. The van der Waals surface area contributed by atoms with Gasteiger partial charge in [0.1, 0.15) is 0 Å². The Bertz CT molecular complexity index is 547. The van der Waals surface area contributed by atoms with Gasteiger partial charge in [0.05, 0.1) is 0 Å². The van der Waals surface area contributed by atoms with Crippen molar-refractivity contribution in [3.8, 4) is 0 Å². The number of unbranched alkanes of at least 4 members (excludes halogenated alkanes) is 4. The van der Waals surface area contributed by atoms with Gasteiger partial charge in [0.15, 0.2) is 0 Å². The molecule has 1 atom stereocenters. The molecular weight excluding hydrogens is 295 g/mol. The first kappa shape index (κ1) is 18.2. The molecule has 0 N–H and O–H groups in total. The average molecular weight is 326 g/mol. The molecule has 0 heterocycles. The van der Waals surface area contributed by atoms with Crippen LogP contribution < -0.4 is 10.6 Å². The van der Waals surface area contributed by atoms with Gasteiger partial charge >= 0.3 is 0 Å². The molecule has 1 unspecified atom stereocenters. The lowest BCUT2D eigenvalue weighted by molar-refractivity contribution is 0.705. The van der Waals surface area contributed by atoms with Crippen molar-refractivity contribution in [2.45, 2.75) is 58.8 Å². The van der Waals surface area contributed by atoms with Crippen molar-refractivity contribution in [3.63, 3.8) is 0 Å². The summed E-state index contributed by atoms with van der Waals surface area (Å²) in [5.74, 6) is 0. The molecule has 0 amide bonds. The number of hydrogen-bond acceptors (Lipinski definition) is 0. The molecule has 0 aliphatic carbocycles. The number of aryl methyl sites for hydroxylation is 1. The summed E-state index contributed by atoms with van der Waals surface area (Å²) in [6.45, 7) is 4.58. The van der Waals surface area contributed by atoms with Crippen LogP contribution in [0.3, 0.4) is 0 Å². The Balaban J connectivity index is 2.22. The molecule has 0 fully saturated rings. The van der Waals surface area contributed by atoms with Crippen molar-refractivity contribution < 1.29 is 0 Å². The standard InChI is InChI=1S/C22H31P/c1-3-5-7-13-19-23(21-16-9-8-10-17-21)22-18-12-11-15-20(22)14-6-4-2/h8-12,15-18H,3-7,13-14,19H2,1-2H3. The summed E-state index contributed by atoms with van der Waals surface area (Å²) in [4.78, 5) is 0. The molecule has 2 aromatic rings. The molecule has 2 rings (SSSR count). The van der Waals surface area contributed by atoms with Crippen molar-refractivity contribution in [2.24, 2.45) is 0 Å². The molecule has 23 heavy (non-hydrogen) atoms. The van der Waals surface area contributed by atoms with E-state index in [1.54, 1.807) is 16.2 Å². The van der Waals surface area contributed by atoms with Crippen LogP contribution in [-0.4, -0.2) is 6.16 Å². The van der Waals surface area contributed by atoms with E-state index in [0.29, 0.717) is 0 Å². The molecular formula is C22H31P. The van der Waals surface area contributed by atoms with Gasteiger partial charge in [-0.3, -0.25) is 0 Å². The Morgan fingerprint density at radius 1 is 0.696 bits per heavy atom. The van der Waals surface area contributed by atoms with Gasteiger partial charge in [-0.05, 0) is 49.5 Å². The predicted octanol–water partition coefficient (Wildman–Crippen LogP) is 6.04. The highest BCUT2D eigenvalue weighted by molar-refractivity contribution is 7.73. The first-order chi connectivity index (χ1) is 11.4. The lowest BCUT2D eigenvalue weighted by atomic mass is 10.1. The summed E-state index contributed by atoms with van der Waals surface area (Å²) in [5.41, 5.74) is 1.58. The van der Waals surface area contributed by atoms with Gasteiger partial charge in [-0.1, -0.05) is 94.1 Å². The smallest absolute Gasteiger partial charge is 0.0163 e. The van der Waals surface area contributed by atoms with E-state index in [0.717, 1.165) is 0 Å². The monoisotopic (exact) mass is 326 g/mol. The van der Waals surface area contributed by atoms with Crippen LogP contribution in [-0.2, 0) is 6.42 Å². The van der Waals surface area contributed by atoms with Crippen LogP contribution in [0.1, 0.15) is 57.9 Å². The summed E-state index contributed by atoms with van der Waals surface area (Å²) in [6, 6.07) is 20.4. The second kappa shape index (κ2) is 10.6. The maximum Gasteiger partial charge on any atom is -0.0163 e. The van der Waals surface area contributed by atoms with Crippen LogP contribution in [0.2, 0.25) is 0 Å². The lowest BCUT2D eigenvalue weighted by Gasteiger charge is -2.22. The molecule has 0 aromatic heterocycles. The Kier molecular flexibility index (Phi) is 8.40. The summed E-state index contributed by atoms with van der Waals surface area (Å²) in [6.07, 6.45) is 10.6. The van der Waals surface area contributed by atoms with Gasteiger partial charge in [-0.25, -0.2) is 0 Å². The normalized spacial score (nSPS) is 12.3. The number of benzene rings is 2. The predicted molar refractivity (Wildman–Crippen MR) is 107 cm³/mol. The van der Waals surface area contributed by atoms with Gasteiger partial charge in [-0.2, -0.15) is 0 Å². The molecule has 1 heteroatoms. The lowest BCUT2D eigenvalue weighted by Crippen LogP contribution is -2.18. The number of rotatable bonds is 10. The Hall–Kier alpha value is -1.13. The van der Waals surface area contributed by atoms with E-state index in [2.05, 4.69) is 68.4 Å². The van der Waals surface area contributed by atoms with Gasteiger partial charge < -0.3 is 0 Å². The van der Waals surface area contributed by atoms with Crippen LogP contribution in [0.25, 0.3) is 0 Å². The molecule has 0 aliphatic rings. The molecule has 2 aromatic carbocycles. The van der Waals surface area contributed by atoms with Gasteiger partial charge in [0.25, 0.3) is 0 Å². The zero-order valence-corrected chi connectivity index (χ0v) is 15.7. The Morgan fingerprint density at radius 2 is 1.39 bits per heavy atom. The molecule has 0 saturated heterocycles. The van der Waals surface area contributed by atoms with Crippen LogP contribution >= 0.6 is 7.92 Å². The van der Waals surface area contributed by atoms with Gasteiger partial charge in [0.2, 0.25) is 0 Å². The van der Waals surface area contributed by atoms with E-state index in [9.17, 15) is 0 Å². The van der Waals surface area contributed by atoms with Crippen LogP contribution in [0.15, 0.2) is 54.6 Å². The summed E-state index contributed by atoms with van der Waals surface area (Å²) >= 11 is 0. The minimum Gasteiger partial charge on any atom is -0.0654 e. The minimum absolute atomic E-state index is 0.205. The first-order valence-electron chi connectivity index (χ1n) is 9.27. The van der Waals surface area contributed by atoms with Gasteiger partial charge in [0, 0.05) is 0 Å². The minimum atomic E-state index is -0.205. The van der Waals surface area contributed by atoms with Crippen LogP contribution in [0.4, 0.5) is 0 Å². The third kappa shape index (κ3) is 5.78. The zero-order valence-electron chi connectivity index (χ0n) is 14.8. The van der Waals surface area contributed by atoms with Gasteiger partial charge in [-0.15, -0.1) is 0 Å². The van der Waals surface area contributed by atoms with E-state index in [-0.39, 0.29) is 7.92 Å².